The van der Waals surface area contributed by atoms with Crippen LogP contribution < -0.4 is 5.32 Å². The summed E-state index contributed by atoms with van der Waals surface area (Å²) < 4.78 is 0.903. The van der Waals surface area contributed by atoms with Crippen LogP contribution in [0.4, 0.5) is 5.69 Å². The van der Waals surface area contributed by atoms with Crippen LogP contribution in [0.2, 0.25) is 5.02 Å². The minimum absolute atomic E-state index is 0.157. The fraction of sp³-hybridized carbons (Fsp3) is 0.0667. The van der Waals surface area contributed by atoms with E-state index in [1.165, 1.54) is 9.75 Å². The molecule has 1 N–H and O–H groups in total. The van der Waals surface area contributed by atoms with E-state index in [2.05, 4.69) is 56.3 Å². The van der Waals surface area contributed by atoms with E-state index in [-0.39, 0.29) is 6.04 Å². The van der Waals surface area contributed by atoms with Gasteiger partial charge in [-0.05, 0) is 51.0 Å². The van der Waals surface area contributed by atoms with E-state index in [1.807, 2.05) is 18.2 Å². The molecule has 0 amide bonds. The van der Waals surface area contributed by atoms with Gasteiger partial charge in [0.25, 0.3) is 0 Å². The van der Waals surface area contributed by atoms with Crippen molar-refractivity contribution in [1.82, 2.24) is 0 Å². The molecule has 20 heavy (non-hydrogen) atoms. The second-order valence-electron chi connectivity index (χ2n) is 4.21. The highest BCUT2D eigenvalue weighted by atomic mass is 79.9. The first-order valence-corrected chi connectivity index (χ1v) is 8.96. The molecular formula is C15H11BrClNS2. The van der Waals surface area contributed by atoms with Gasteiger partial charge in [0.15, 0.2) is 0 Å². The summed E-state index contributed by atoms with van der Waals surface area (Å²) in [6.07, 6.45) is 0. The first kappa shape index (κ1) is 14.1. The Labute approximate surface area is 139 Å². The smallest absolute Gasteiger partial charge is 0.0953 e. The fourth-order valence-electron chi connectivity index (χ4n) is 1.96. The monoisotopic (exact) mass is 383 g/mol. The standard InChI is InChI=1S/C15H11BrClNS2/c16-14-10(17)4-1-5-11(14)18-15(12-6-2-8-19-12)13-7-3-9-20-13/h1-9,15,18H. The molecule has 0 bridgehead atoms. The van der Waals surface area contributed by atoms with Gasteiger partial charge >= 0.3 is 0 Å². The highest BCUT2D eigenvalue weighted by Gasteiger charge is 2.17. The highest BCUT2D eigenvalue weighted by molar-refractivity contribution is 9.10. The lowest BCUT2D eigenvalue weighted by Gasteiger charge is -2.19. The quantitative estimate of drug-likeness (QED) is 0.546. The summed E-state index contributed by atoms with van der Waals surface area (Å²) in [4.78, 5) is 2.58. The summed E-state index contributed by atoms with van der Waals surface area (Å²) >= 11 is 13.2. The Balaban J connectivity index is 1.97. The molecule has 0 saturated heterocycles. The molecule has 1 nitrogen and oxygen atoms in total. The van der Waals surface area contributed by atoms with E-state index in [0.29, 0.717) is 5.02 Å². The normalized spacial score (nSPS) is 10.9. The van der Waals surface area contributed by atoms with E-state index in [1.54, 1.807) is 22.7 Å². The number of hydrogen-bond acceptors (Lipinski definition) is 3. The van der Waals surface area contributed by atoms with Crippen molar-refractivity contribution in [3.63, 3.8) is 0 Å². The largest absolute Gasteiger partial charge is 0.372 e. The molecule has 0 aliphatic carbocycles. The summed E-state index contributed by atoms with van der Waals surface area (Å²) in [5.41, 5.74) is 1.00. The molecule has 3 rings (SSSR count). The highest BCUT2D eigenvalue weighted by Crippen LogP contribution is 2.36. The molecule has 2 heterocycles. The molecule has 3 aromatic rings. The lowest BCUT2D eigenvalue weighted by atomic mass is 10.2. The maximum atomic E-state index is 6.17. The molecule has 1 aromatic carbocycles. The van der Waals surface area contributed by atoms with Crippen LogP contribution in [0.25, 0.3) is 0 Å². The molecule has 0 saturated carbocycles. The van der Waals surface area contributed by atoms with E-state index in [9.17, 15) is 0 Å². The zero-order valence-electron chi connectivity index (χ0n) is 10.3. The van der Waals surface area contributed by atoms with Gasteiger partial charge in [-0.2, -0.15) is 0 Å². The number of thiophene rings is 2. The Kier molecular flexibility index (Phi) is 4.46. The van der Waals surface area contributed by atoms with Crippen molar-refractivity contribution in [1.29, 1.82) is 0 Å². The lowest BCUT2D eigenvalue weighted by molar-refractivity contribution is 0.991. The van der Waals surface area contributed by atoms with Crippen LogP contribution in [0, 0.1) is 0 Å². The van der Waals surface area contributed by atoms with Crippen LogP contribution >= 0.6 is 50.2 Å². The number of nitrogens with one attached hydrogen (secondary N) is 1. The maximum Gasteiger partial charge on any atom is 0.0953 e. The number of halogens is 2. The SMILES string of the molecule is Clc1cccc(NC(c2cccs2)c2cccs2)c1Br. The van der Waals surface area contributed by atoms with E-state index >= 15 is 0 Å². The zero-order chi connectivity index (χ0) is 13.9. The molecule has 2 aromatic heterocycles. The molecule has 0 radical (unpaired) electrons. The molecule has 5 heteroatoms. The summed E-state index contributed by atoms with van der Waals surface area (Å²) in [7, 11) is 0. The van der Waals surface area contributed by atoms with Crippen LogP contribution in [0.5, 0.6) is 0 Å². The average molecular weight is 385 g/mol. The Morgan fingerprint density at radius 1 is 0.950 bits per heavy atom. The third kappa shape index (κ3) is 2.93. The summed E-state index contributed by atoms with van der Waals surface area (Å²) in [5.74, 6) is 0. The van der Waals surface area contributed by atoms with E-state index in [4.69, 9.17) is 11.6 Å². The predicted octanol–water partition coefficient (Wildman–Crippen LogP) is 6.43. The minimum Gasteiger partial charge on any atom is -0.372 e. The van der Waals surface area contributed by atoms with Gasteiger partial charge in [0, 0.05) is 9.75 Å². The first-order valence-electron chi connectivity index (χ1n) is 6.03. The number of hydrogen-bond donors (Lipinski definition) is 1. The van der Waals surface area contributed by atoms with Crippen molar-refractivity contribution in [3.8, 4) is 0 Å². The Hall–Kier alpha value is -0.810. The second kappa shape index (κ2) is 6.31. The topological polar surface area (TPSA) is 12.0 Å². The number of anilines is 1. The van der Waals surface area contributed by atoms with Gasteiger partial charge in [-0.15, -0.1) is 22.7 Å². The molecule has 0 unspecified atom stereocenters. The average Bonchev–Trinajstić information content (AvgIpc) is 3.13. The first-order chi connectivity index (χ1) is 9.75. The third-order valence-electron chi connectivity index (χ3n) is 2.91. The van der Waals surface area contributed by atoms with Gasteiger partial charge in [-0.3, -0.25) is 0 Å². The Morgan fingerprint density at radius 2 is 1.60 bits per heavy atom. The number of rotatable bonds is 4. The van der Waals surface area contributed by atoms with Crippen LogP contribution in [-0.2, 0) is 0 Å². The van der Waals surface area contributed by atoms with Crippen molar-refractivity contribution >= 4 is 55.9 Å². The fourth-order valence-corrected chi connectivity index (χ4v) is 4.18. The van der Waals surface area contributed by atoms with Crippen molar-refractivity contribution in [2.75, 3.05) is 5.32 Å². The van der Waals surface area contributed by atoms with Crippen LogP contribution in [0.15, 0.2) is 57.7 Å². The molecule has 0 spiro atoms. The van der Waals surface area contributed by atoms with Crippen molar-refractivity contribution in [3.05, 3.63) is 72.5 Å². The Bertz CT molecular complexity index is 646. The summed E-state index contributed by atoms with van der Waals surface area (Å²) in [6, 6.07) is 14.5. The van der Waals surface area contributed by atoms with Gasteiger partial charge in [-0.25, -0.2) is 0 Å². The van der Waals surface area contributed by atoms with Crippen molar-refractivity contribution in [2.24, 2.45) is 0 Å². The molecule has 102 valence electrons. The van der Waals surface area contributed by atoms with Crippen molar-refractivity contribution < 1.29 is 0 Å². The van der Waals surface area contributed by atoms with Gasteiger partial charge in [0.2, 0.25) is 0 Å². The van der Waals surface area contributed by atoms with Crippen LogP contribution in [-0.4, -0.2) is 0 Å². The van der Waals surface area contributed by atoms with Gasteiger partial charge in [0.1, 0.15) is 0 Å². The Morgan fingerprint density at radius 3 is 2.15 bits per heavy atom. The maximum absolute atomic E-state index is 6.17. The molecular weight excluding hydrogens is 374 g/mol. The van der Waals surface area contributed by atoms with Gasteiger partial charge < -0.3 is 5.32 Å². The van der Waals surface area contributed by atoms with Crippen LogP contribution in [0.3, 0.4) is 0 Å². The van der Waals surface area contributed by atoms with Gasteiger partial charge in [-0.1, -0.05) is 29.8 Å². The molecule has 0 atom stereocenters. The van der Waals surface area contributed by atoms with Crippen LogP contribution in [0.1, 0.15) is 15.8 Å². The predicted molar refractivity (Wildman–Crippen MR) is 93.3 cm³/mol. The van der Waals surface area contributed by atoms with Crippen molar-refractivity contribution in [2.45, 2.75) is 6.04 Å². The second-order valence-corrected chi connectivity index (χ2v) is 7.37. The minimum atomic E-state index is 0.157. The molecule has 0 aliphatic heterocycles. The summed E-state index contributed by atoms with van der Waals surface area (Å²) in [5, 5.41) is 8.50. The summed E-state index contributed by atoms with van der Waals surface area (Å²) in [6.45, 7) is 0. The van der Waals surface area contributed by atoms with E-state index < -0.39 is 0 Å². The molecule has 0 fully saturated rings. The third-order valence-corrected chi connectivity index (χ3v) is 6.18. The molecule has 0 aliphatic rings. The van der Waals surface area contributed by atoms with Gasteiger partial charge in [0.05, 0.1) is 21.2 Å². The number of benzene rings is 1. The lowest BCUT2D eigenvalue weighted by Crippen LogP contribution is -2.10. The van der Waals surface area contributed by atoms with E-state index in [0.717, 1.165) is 10.2 Å². The zero-order valence-corrected chi connectivity index (χ0v) is 14.3.